The van der Waals surface area contributed by atoms with Gasteiger partial charge in [-0.2, -0.15) is 5.10 Å². The lowest BCUT2D eigenvalue weighted by molar-refractivity contribution is 0.192. The molecule has 0 radical (unpaired) electrons. The van der Waals surface area contributed by atoms with Gasteiger partial charge in [0.05, 0.1) is 23.5 Å². The van der Waals surface area contributed by atoms with E-state index in [2.05, 4.69) is 5.32 Å². The molecule has 0 unspecified atom stereocenters. The molecule has 2 amide bonds. The zero-order valence-corrected chi connectivity index (χ0v) is 18.6. The van der Waals surface area contributed by atoms with Crippen LogP contribution in [0.5, 0.6) is 11.6 Å². The summed E-state index contributed by atoms with van der Waals surface area (Å²) in [6, 6.07) is 15.6. The number of nitrogens with one attached hydrogen (secondary N) is 1. The SMILES string of the molecule is CCNC(=O)N(Cc1c(CC)nn(-c2ccc(F)cc2)c1Oc1ccccc1)CC1CC1. The second-order valence-corrected chi connectivity index (χ2v) is 8.05. The lowest BCUT2D eigenvalue weighted by Crippen LogP contribution is -2.40. The van der Waals surface area contributed by atoms with E-state index in [1.165, 1.54) is 12.1 Å². The highest BCUT2D eigenvalue weighted by Crippen LogP contribution is 2.34. The van der Waals surface area contributed by atoms with Crippen molar-refractivity contribution in [3.05, 3.63) is 71.7 Å². The molecule has 1 fully saturated rings. The van der Waals surface area contributed by atoms with Gasteiger partial charge in [0.25, 0.3) is 0 Å². The normalized spacial score (nSPS) is 13.1. The third-order valence-corrected chi connectivity index (χ3v) is 5.52. The third-order valence-electron chi connectivity index (χ3n) is 5.52. The average Bonchev–Trinajstić information content (AvgIpc) is 3.56. The van der Waals surface area contributed by atoms with Gasteiger partial charge < -0.3 is 15.0 Å². The Hall–Kier alpha value is -3.35. The summed E-state index contributed by atoms with van der Waals surface area (Å²) in [5, 5.41) is 7.72. The first-order chi connectivity index (χ1) is 15.6. The molecule has 1 aliphatic carbocycles. The van der Waals surface area contributed by atoms with E-state index in [0.717, 1.165) is 24.1 Å². The van der Waals surface area contributed by atoms with Gasteiger partial charge in [-0.1, -0.05) is 25.1 Å². The van der Waals surface area contributed by atoms with Crippen LogP contribution in [0.1, 0.15) is 37.9 Å². The second-order valence-electron chi connectivity index (χ2n) is 8.05. The van der Waals surface area contributed by atoms with Gasteiger partial charge in [-0.05, 0) is 68.5 Å². The number of halogens is 1. The highest BCUT2D eigenvalue weighted by atomic mass is 19.1. The quantitative estimate of drug-likeness (QED) is 0.495. The third kappa shape index (κ3) is 5.10. The molecular weight excluding hydrogens is 407 g/mol. The van der Waals surface area contributed by atoms with Crippen LogP contribution in [-0.2, 0) is 13.0 Å². The molecule has 0 aliphatic heterocycles. The Morgan fingerprint density at radius 3 is 2.50 bits per heavy atom. The Kier molecular flexibility index (Phi) is 6.73. The van der Waals surface area contributed by atoms with E-state index in [4.69, 9.17) is 9.84 Å². The predicted molar refractivity (Wildman–Crippen MR) is 122 cm³/mol. The van der Waals surface area contributed by atoms with Crippen LogP contribution in [0, 0.1) is 11.7 Å². The van der Waals surface area contributed by atoms with E-state index in [9.17, 15) is 9.18 Å². The molecule has 0 atom stereocenters. The molecule has 1 heterocycles. The second kappa shape index (κ2) is 9.85. The van der Waals surface area contributed by atoms with Gasteiger partial charge in [0.1, 0.15) is 11.6 Å². The summed E-state index contributed by atoms with van der Waals surface area (Å²) in [5.41, 5.74) is 2.42. The van der Waals surface area contributed by atoms with Gasteiger partial charge >= 0.3 is 6.03 Å². The number of amides is 2. The van der Waals surface area contributed by atoms with Crippen molar-refractivity contribution in [2.75, 3.05) is 13.1 Å². The van der Waals surface area contributed by atoms with Crippen LogP contribution >= 0.6 is 0 Å². The predicted octanol–water partition coefficient (Wildman–Crippen LogP) is 5.31. The zero-order valence-electron chi connectivity index (χ0n) is 18.6. The van der Waals surface area contributed by atoms with Crippen molar-refractivity contribution >= 4 is 6.03 Å². The first kappa shape index (κ1) is 21.9. The van der Waals surface area contributed by atoms with E-state index in [1.54, 1.807) is 16.8 Å². The number of ether oxygens (including phenoxy) is 1. The number of carbonyl (C=O) groups is 1. The standard InChI is InChI=1S/C25H29FN4O2/c1-3-23-22(17-29(16-18-10-11-18)25(31)27-4-2)24(32-21-8-6-5-7-9-21)30(28-23)20-14-12-19(26)13-15-20/h5-9,12-15,18H,3-4,10-11,16-17H2,1-2H3,(H,27,31). The summed E-state index contributed by atoms with van der Waals surface area (Å²) in [5.74, 6) is 1.46. The van der Waals surface area contributed by atoms with Crippen molar-refractivity contribution in [1.29, 1.82) is 0 Å². The first-order valence-corrected chi connectivity index (χ1v) is 11.2. The smallest absolute Gasteiger partial charge is 0.317 e. The van der Waals surface area contributed by atoms with E-state index >= 15 is 0 Å². The highest BCUT2D eigenvalue weighted by molar-refractivity contribution is 5.74. The van der Waals surface area contributed by atoms with Crippen molar-refractivity contribution < 1.29 is 13.9 Å². The molecule has 4 rings (SSSR count). The monoisotopic (exact) mass is 436 g/mol. The van der Waals surface area contributed by atoms with Gasteiger partial charge in [-0.3, -0.25) is 0 Å². The lowest BCUT2D eigenvalue weighted by Gasteiger charge is -2.23. The van der Waals surface area contributed by atoms with E-state index in [1.807, 2.05) is 49.1 Å². The molecule has 7 heteroatoms. The molecule has 0 spiro atoms. The molecule has 1 aromatic heterocycles. The minimum absolute atomic E-state index is 0.0818. The van der Waals surface area contributed by atoms with Gasteiger partial charge in [0, 0.05) is 13.1 Å². The van der Waals surface area contributed by atoms with E-state index < -0.39 is 0 Å². The highest BCUT2D eigenvalue weighted by Gasteiger charge is 2.29. The maximum atomic E-state index is 13.5. The van der Waals surface area contributed by atoms with Crippen LogP contribution in [0.4, 0.5) is 9.18 Å². The minimum atomic E-state index is -0.311. The molecule has 1 aliphatic rings. The maximum absolute atomic E-state index is 13.5. The van der Waals surface area contributed by atoms with Crippen molar-refractivity contribution in [2.24, 2.45) is 5.92 Å². The number of carbonyl (C=O) groups excluding carboxylic acids is 1. The Labute approximate surface area is 188 Å². The summed E-state index contributed by atoms with van der Waals surface area (Å²) < 4.78 is 21.6. The fourth-order valence-electron chi connectivity index (χ4n) is 3.67. The Morgan fingerprint density at radius 2 is 1.88 bits per heavy atom. The van der Waals surface area contributed by atoms with E-state index in [0.29, 0.717) is 49.3 Å². The number of benzene rings is 2. The van der Waals surface area contributed by atoms with Crippen LogP contribution in [0.25, 0.3) is 5.69 Å². The van der Waals surface area contributed by atoms with Crippen LogP contribution in [0.15, 0.2) is 54.6 Å². The summed E-state index contributed by atoms with van der Waals surface area (Å²) in [6.45, 7) is 5.63. The molecule has 168 valence electrons. The number of hydrogen-bond donors (Lipinski definition) is 1. The summed E-state index contributed by atoms with van der Waals surface area (Å²) in [6.07, 6.45) is 2.98. The molecule has 1 N–H and O–H groups in total. The number of rotatable bonds is 9. The molecular formula is C25H29FN4O2. The van der Waals surface area contributed by atoms with Crippen LogP contribution in [0.2, 0.25) is 0 Å². The fourth-order valence-corrected chi connectivity index (χ4v) is 3.67. The molecule has 6 nitrogen and oxygen atoms in total. The van der Waals surface area contributed by atoms with Gasteiger partial charge in [0.15, 0.2) is 0 Å². The van der Waals surface area contributed by atoms with Crippen molar-refractivity contribution in [2.45, 2.75) is 39.7 Å². The van der Waals surface area contributed by atoms with Crippen LogP contribution in [-0.4, -0.2) is 33.8 Å². The molecule has 0 bridgehead atoms. The number of aromatic nitrogens is 2. The number of para-hydroxylation sites is 1. The van der Waals surface area contributed by atoms with Crippen molar-refractivity contribution in [1.82, 2.24) is 20.0 Å². The van der Waals surface area contributed by atoms with Crippen LogP contribution in [0.3, 0.4) is 0 Å². The maximum Gasteiger partial charge on any atom is 0.317 e. The van der Waals surface area contributed by atoms with Crippen molar-refractivity contribution in [3.8, 4) is 17.3 Å². The van der Waals surface area contributed by atoms with Gasteiger partial charge in [-0.25, -0.2) is 13.9 Å². The van der Waals surface area contributed by atoms with E-state index in [-0.39, 0.29) is 11.8 Å². The number of hydrogen-bond acceptors (Lipinski definition) is 3. The average molecular weight is 437 g/mol. The topological polar surface area (TPSA) is 59.4 Å². The van der Waals surface area contributed by atoms with Gasteiger partial charge in [-0.15, -0.1) is 0 Å². The molecule has 32 heavy (non-hydrogen) atoms. The largest absolute Gasteiger partial charge is 0.439 e. The number of aryl methyl sites for hydroxylation is 1. The van der Waals surface area contributed by atoms with Crippen molar-refractivity contribution in [3.63, 3.8) is 0 Å². The summed E-state index contributed by atoms with van der Waals surface area (Å²) >= 11 is 0. The lowest BCUT2D eigenvalue weighted by atomic mass is 10.1. The summed E-state index contributed by atoms with van der Waals surface area (Å²) in [7, 11) is 0. The number of nitrogens with zero attached hydrogens (tertiary/aromatic N) is 3. The molecule has 0 saturated heterocycles. The minimum Gasteiger partial charge on any atom is -0.439 e. The Bertz CT molecular complexity index is 1050. The fraction of sp³-hybridized carbons (Fsp3) is 0.360. The Morgan fingerprint density at radius 1 is 1.16 bits per heavy atom. The first-order valence-electron chi connectivity index (χ1n) is 11.2. The Balaban J connectivity index is 1.76. The zero-order chi connectivity index (χ0) is 22.5. The summed E-state index contributed by atoms with van der Waals surface area (Å²) in [4.78, 5) is 14.7. The molecule has 1 saturated carbocycles. The molecule has 2 aromatic carbocycles. The van der Waals surface area contributed by atoms with Gasteiger partial charge in [0.2, 0.25) is 5.88 Å². The molecule has 3 aromatic rings. The number of urea groups is 1. The van der Waals surface area contributed by atoms with Crippen LogP contribution < -0.4 is 10.1 Å².